The number of amides is 1. The molecule has 0 fully saturated rings. The fourth-order valence-electron chi connectivity index (χ4n) is 1.93. The highest BCUT2D eigenvalue weighted by molar-refractivity contribution is 6.76. The van der Waals surface area contributed by atoms with Gasteiger partial charge in [0.05, 0.1) is 0 Å². The fourth-order valence-corrected chi connectivity index (χ4v) is 2.99. The van der Waals surface area contributed by atoms with Crippen molar-refractivity contribution in [3.63, 3.8) is 0 Å². The number of hydrogen-bond donors (Lipinski definition) is 1. The molecule has 0 radical (unpaired) electrons. The second-order valence-electron chi connectivity index (χ2n) is 8.50. The first-order chi connectivity index (χ1) is 11.5. The van der Waals surface area contributed by atoms with Crippen LogP contribution in [0.4, 0.5) is 5.69 Å². The van der Waals surface area contributed by atoms with Gasteiger partial charge in [0.2, 0.25) is 5.91 Å². The third-order valence-corrected chi connectivity index (χ3v) is 5.19. The molecule has 0 atom stereocenters. The molecule has 0 aliphatic rings. The molecule has 1 N–H and O–H groups in total. The van der Waals surface area contributed by atoms with Crippen molar-refractivity contribution >= 4 is 37.5 Å². The zero-order chi connectivity index (χ0) is 19.1. The Morgan fingerprint density at radius 1 is 1.24 bits per heavy atom. The van der Waals surface area contributed by atoms with Gasteiger partial charge in [0.25, 0.3) is 0 Å². The van der Waals surface area contributed by atoms with Crippen molar-refractivity contribution in [2.24, 2.45) is 10.4 Å². The molecule has 0 spiro atoms. The highest BCUT2D eigenvalue weighted by Gasteiger charge is 2.21. The molecule has 0 aliphatic heterocycles. The van der Waals surface area contributed by atoms with Gasteiger partial charge >= 0.3 is 0 Å². The third-order valence-electron chi connectivity index (χ3n) is 3.50. The number of nitrogens with zero attached hydrogens (tertiary/aromatic N) is 1. The van der Waals surface area contributed by atoms with Gasteiger partial charge in [-0.2, -0.15) is 0 Å². The van der Waals surface area contributed by atoms with E-state index in [-0.39, 0.29) is 5.91 Å². The average Bonchev–Trinajstić information content (AvgIpc) is 2.46. The quantitative estimate of drug-likeness (QED) is 0.267. The van der Waals surface area contributed by atoms with Crippen LogP contribution >= 0.6 is 11.6 Å². The molecule has 0 aromatic heterocycles. The Balaban J connectivity index is 2.68. The Bertz CT molecular complexity index is 640. The van der Waals surface area contributed by atoms with E-state index in [0.717, 1.165) is 24.2 Å². The predicted octanol–water partition coefficient (Wildman–Crippen LogP) is 6.03. The number of hydrogen-bond acceptors (Lipinski definition) is 2. The van der Waals surface area contributed by atoms with Gasteiger partial charge in [-0.3, -0.25) is 9.79 Å². The molecule has 3 nitrogen and oxygen atoms in total. The predicted molar refractivity (Wildman–Crippen MR) is 114 cm³/mol. The molecule has 1 aromatic rings. The number of carbonyl (C=O) groups is 1. The number of carbonyl (C=O) groups excluding carboxylic acids is 1. The van der Waals surface area contributed by atoms with Gasteiger partial charge in [0, 0.05) is 42.5 Å². The van der Waals surface area contributed by atoms with Gasteiger partial charge < -0.3 is 5.32 Å². The summed E-state index contributed by atoms with van der Waals surface area (Å²) in [6.45, 7) is 13.5. The number of halogens is 1. The fraction of sp³-hybridized carbons (Fsp3) is 0.500. The summed E-state index contributed by atoms with van der Waals surface area (Å²) in [5.74, 6) is -0.0289. The number of nitrogens with one attached hydrogen (secondary N) is 1. The molecule has 1 aromatic carbocycles. The molecule has 5 heteroatoms. The van der Waals surface area contributed by atoms with Crippen molar-refractivity contribution in [1.29, 1.82) is 0 Å². The van der Waals surface area contributed by atoms with Gasteiger partial charge in [-0.25, -0.2) is 0 Å². The summed E-state index contributed by atoms with van der Waals surface area (Å²) < 4.78 is 0. The van der Waals surface area contributed by atoms with E-state index in [1.165, 1.54) is 6.04 Å². The van der Waals surface area contributed by atoms with Crippen LogP contribution in [0.1, 0.15) is 32.8 Å². The Morgan fingerprint density at radius 3 is 2.52 bits per heavy atom. The van der Waals surface area contributed by atoms with Crippen LogP contribution < -0.4 is 5.32 Å². The molecule has 0 unspecified atom stereocenters. The lowest BCUT2D eigenvalue weighted by molar-refractivity contribution is -0.123. The van der Waals surface area contributed by atoms with Crippen molar-refractivity contribution in [1.82, 2.24) is 0 Å². The topological polar surface area (TPSA) is 41.5 Å². The summed E-state index contributed by atoms with van der Waals surface area (Å²) >= 11 is 6.09. The molecule has 25 heavy (non-hydrogen) atoms. The third kappa shape index (κ3) is 9.03. The largest absolute Gasteiger partial charge is 0.325 e. The van der Waals surface area contributed by atoms with Crippen molar-refractivity contribution in [2.75, 3.05) is 11.9 Å². The minimum Gasteiger partial charge on any atom is -0.325 e. The zero-order valence-electron chi connectivity index (χ0n) is 16.3. The van der Waals surface area contributed by atoms with E-state index in [0.29, 0.717) is 5.02 Å². The maximum Gasteiger partial charge on any atom is 0.229 e. The van der Waals surface area contributed by atoms with Crippen LogP contribution in [0.25, 0.3) is 0 Å². The van der Waals surface area contributed by atoms with Gasteiger partial charge in [0.1, 0.15) is 0 Å². The Kier molecular flexibility index (Phi) is 8.09. The molecule has 0 saturated carbocycles. The first-order valence-electron chi connectivity index (χ1n) is 8.75. The van der Waals surface area contributed by atoms with E-state index in [9.17, 15) is 4.79 Å². The van der Waals surface area contributed by atoms with Crippen LogP contribution in [-0.2, 0) is 4.79 Å². The second-order valence-corrected chi connectivity index (χ2v) is 14.5. The first kappa shape index (κ1) is 21.6. The Hall–Kier alpha value is -1.39. The Labute approximate surface area is 158 Å². The van der Waals surface area contributed by atoms with Crippen molar-refractivity contribution in [3.05, 3.63) is 40.9 Å². The highest BCUT2D eigenvalue weighted by Crippen LogP contribution is 2.22. The van der Waals surface area contributed by atoms with Gasteiger partial charge in [-0.05, 0) is 30.7 Å². The van der Waals surface area contributed by atoms with Gasteiger partial charge in [0.15, 0.2) is 0 Å². The summed E-state index contributed by atoms with van der Waals surface area (Å²) in [6, 6.07) is 6.62. The van der Waals surface area contributed by atoms with Crippen LogP contribution in [-0.4, -0.2) is 26.7 Å². The van der Waals surface area contributed by atoms with Gasteiger partial charge in [-0.15, -0.1) is 0 Å². The molecule has 0 aliphatic carbocycles. The highest BCUT2D eigenvalue weighted by atomic mass is 35.5. The lowest BCUT2D eigenvalue weighted by Gasteiger charge is -2.18. The molecule has 138 valence electrons. The monoisotopic (exact) mass is 378 g/mol. The van der Waals surface area contributed by atoms with E-state index in [4.69, 9.17) is 11.6 Å². The number of allylic oxidation sites excluding steroid dienone is 1. The summed E-state index contributed by atoms with van der Waals surface area (Å²) in [6.07, 6.45) is 7.19. The van der Waals surface area contributed by atoms with E-state index >= 15 is 0 Å². The molecule has 1 rings (SSSR count). The van der Waals surface area contributed by atoms with Crippen LogP contribution in [0.2, 0.25) is 30.7 Å². The summed E-state index contributed by atoms with van der Waals surface area (Å²) in [4.78, 5) is 16.7. The van der Waals surface area contributed by atoms with Crippen LogP contribution in [0.5, 0.6) is 0 Å². The van der Waals surface area contributed by atoms with E-state index in [1.807, 2.05) is 32.9 Å². The SMILES string of the molecule is CC(C)(C)C(=O)Nc1ccc(Cl)cc1C=NCC/C=C\C[Si](C)(C)C. The zero-order valence-corrected chi connectivity index (χ0v) is 18.1. The lowest BCUT2D eigenvalue weighted by Crippen LogP contribution is -2.28. The van der Waals surface area contributed by atoms with Crippen molar-refractivity contribution < 1.29 is 4.79 Å². The van der Waals surface area contributed by atoms with Crippen molar-refractivity contribution in [2.45, 2.75) is 52.9 Å². The Morgan fingerprint density at radius 2 is 1.92 bits per heavy atom. The number of rotatable bonds is 7. The van der Waals surface area contributed by atoms with E-state index in [1.54, 1.807) is 12.3 Å². The van der Waals surface area contributed by atoms with E-state index in [2.05, 4.69) is 42.1 Å². The summed E-state index contributed by atoms with van der Waals surface area (Å²) in [5, 5.41) is 3.59. The minimum absolute atomic E-state index is 0.0289. The van der Waals surface area contributed by atoms with Crippen LogP contribution in [0.15, 0.2) is 35.3 Å². The summed E-state index contributed by atoms with van der Waals surface area (Å²) in [7, 11) is -1.00. The molecule has 1 amide bonds. The van der Waals surface area contributed by atoms with E-state index < -0.39 is 13.5 Å². The van der Waals surface area contributed by atoms with Crippen molar-refractivity contribution in [3.8, 4) is 0 Å². The number of benzene rings is 1. The number of anilines is 1. The molecular formula is C20H31ClN2OSi. The second kappa shape index (κ2) is 9.34. The summed E-state index contributed by atoms with van der Waals surface area (Å²) in [5.41, 5.74) is 1.12. The van der Waals surface area contributed by atoms with Gasteiger partial charge in [-0.1, -0.05) is 64.2 Å². The normalized spacial score (nSPS) is 12.9. The number of aliphatic imine (C=N–C) groups is 1. The van der Waals surface area contributed by atoms with Crippen LogP contribution in [0, 0.1) is 5.41 Å². The standard InChI is InChI=1S/C20H31ClN2OSi/c1-20(2,3)19(24)23-18-11-10-17(21)14-16(18)15-22-12-8-7-9-13-25(4,5)6/h7,9-11,14-15H,8,12-13H2,1-6H3,(H,23,24)/b9-7-,22-15?. The maximum absolute atomic E-state index is 12.2. The van der Waals surface area contributed by atoms with Crippen LogP contribution in [0.3, 0.4) is 0 Å². The molecule has 0 saturated heterocycles. The minimum atomic E-state index is -1.00. The molecular weight excluding hydrogens is 348 g/mol. The maximum atomic E-state index is 12.2. The average molecular weight is 379 g/mol. The lowest BCUT2D eigenvalue weighted by atomic mass is 9.95. The molecule has 0 bridgehead atoms. The smallest absolute Gasteiger partial charge is 0.229 e. The molecule has 0 heterocycles. The first-order valence-corrected chi connectivity index (χ1v) is 12.8.